The molecule has 0 bridgehead atoms. The van der Waals surface area contributed by atoms with E-state index in [1.54, 1.807) is 0 Å². The summed E-state index contributed by atoms with van der Waals surface area (Å²) in [5, 5.41) is 20.6. The first-order valence-corrected chi connectivity index (χ1v) is 11.7. The normalized spacial score (nSPS) is 27.2. The van der Waals surface area contributed by atoms with Crippen LogP contribution in [0, 0.1) is 0 Å². The summed E-state index contributed by atoms with van der Waals surface area (Å²) in [6.45, 7) is -0.794. The van der Waals surface area contributed by atoms with Crippen LogP contribution in [0.2, 0.25) is 0 Å². The van der Waals surface area contributed by atoms with Crippen molar-refractivity contribution in [3.63, 3.8) is 0 Å². The van der Waals surface area contributed by atoms with E-state index in [-0.39, 0.29) is 17.0 Å². The van der Waals surface area contributed by atoms with Crippen LogP contribution < -0.4 is 10.4 Å². The average Bonchev–Trinajstić information content (AvgIpc) is 3.41. The molecule has 0 aliphatic carbocycles. The largest absolute Gasteiger partial charge is 0.555 e. The number of ether oxygens (including phenoxy) is 1. The predicted molar refractivity (Wildman–Crippen MR) is 101 cm³/mol. The van der Waals surface area contributed by atoms with E-state index in [0.717, 1.165) is 12.5 Å². The molecule has 6 N–H and O–H groups in total. The van der Waals surface area contributed by atoms with Gasteiger partial charge in [0, 0.05) is 6.20 Å². The SMILES string of the molecule is Nc1ncnc2c1ncn2[C@@H]1O[C@H](COP(=O)(O)OP(=O)(O)On2ccnc2)[C@@H](O)[C@H]1O. The van der Waals surface area contributed by atoms with Crippen molar-refractivity contribution in [3.05, 3.63) is 31.4 Å². The molecule has 1 aliphatic rings. The number of aromatic nitrogens is 6. The lowest BCUT2D eigenvalue weighted by atomic mass is 10.1. The summed E-state index contributed by atoms with van der Waals surface area (Å²) in [5.41, 5.74) is 6.17. The van der Waals surface area contributed by atoms with Gasteiger partial charge in [0.25, 0.3) is 0 Å². The quantitative estimate of drug-likeness (QED) is 0.226. The smallest absolute Gasteiger partial charge is 0.387 e. The number of phosphoric acid groups is 2. The number of nitrogens with zero attached hydrogens (tertiary/aromatic N) is 6. The van der Waals surface area contributed by atoms with E-state index in [1.165, 1.54) is 23.4 Å². The number of phosphoric ester groups is 1. The van der Waals surface area contributed by atoms with E-state index >= 15 is 0 Å². The van der Waals surface area contributed by atoms with Crippen molar-refractivity contribution < 1.29 is 47.3 Å². The molecule has 4 heterocycles. The molecule has 0 amide bonds. The van der Waals surface area contributed by atoms with Gasteiger partial charge in [-0.1, -0.05) is 0 Å². The van der Waals surface area contributed by atoms with Crippen LogP contribution in [-0.2, 0) is 22.7 Å². The lowest BCUT2D eigenvalue weighted by Crippen LogP contribution is -2.33. The van der Waals surface area contributed by atoms with Crippen LogP contribution in [0.1, 0.15) is 6.23 Å². The lowest BCUT2D eigenvalue weighted by molar-refractivity contribution is -0.0504. The van der Waals surface area contributed by atoms with Gasteiger partial charge in [-0.25, -0.2) is 29.1 Å². The Bertz CT molecular complexity index is 1190. The molecule has 3 aromatic rings. The molecule has 2 unspecified atom stereocenters. The lowest BCUT2D eigenvalue weighted by Gasteiger charge is -2.19. The highest BCUT2D eigenvalue weighted by Crippen LogP contribution is 2.59. The maximum Gasteiger partial charge on any atom is 0.555 e. The van der Waals surface area contributed by atoms with Gasteiger partial charge in [0.2, 0.25) is 0 Å². The first-order valence-electron chi connectivity index (χ1n) is 8.70. The maximum atomic E-state index is 12.1. The van der Waals surface area contributed by atoms with Crippen LogP contribution >= 0.6 is 15.6 Å². The summed E-state index contributed by atoms with van der Waals surface area (Å²) >= 11 is 0. The number of nitrogen functional groups attached to an aromatic ring is 1. The molecule has 0 aromatic carbocycles. The molecular formula is C13H17N7O10P2. The third-order valence-corrected chi connectivity index (χ3v) is 6.81. The Kier molecular flexibility index (Phi) is 6.02. The maximum absolute atomic E-state index is 12.1. The predicted octanol–water partition coefficient (Wildman–Crippen LogP) is -1.41. The Balaban J connectivity index is 1.41. The minimum absolute atomic E-state index is 0.0892. The highest BCUT2D eigenvalue weighted by Gasteiger charge is 2.46. The van der Waals surface area contributed by atoms with E-state index < -0.39 is 46.8 Å². The summed E-state index contributed by atoms with van der Waals surface area (Å²) < 4.78 is 44.7. The van der Waals surface area contributed by atoms with Crippen molar-refractivity contribution in [2.24, 2.45) is 0 Å². The Labute approximate surface area is 178 Å². The highest BCUT2D eigenvalue weighted by molar-refractivity contribution is 7.61. The molecule has 0 spiro atoms. The molecule has 1 aliphatic heterocycles. The van der Waals surface area contributed by atoms with Gasteiger partial charge in [0.1, 0.15) is 36.5 Å². The van der Waals surface area contributed by atoms with Gasteiger partial charge < -0.3 is 30.2 Å². The number of anilines is 1. The number of hydrogen-bond donors (Lipinski definition) is 5. The Morgan fingerprint density at radius 2 is 1.91 bits per heavy atom. The number of imidazole rings is 2. The minimum Gasteiger partial charge on any atom is -0.387 e. The van der Waals surface area contributed by atoms with Gasteiger partial charge in [-0.2, -0.15) is 9.04 Å². The van der Waals surface area contributed by atoms with Crippen molar-refractivity contribution in [1.82, 2.24) is 29.2 Å². The number of fused-ring (bicyclic) bond motifs is 1. The molecule has 3 aromatic heterocycles. The zero-order chi connectivity index (χ0) is 23.1. The van der Waals surface area contributed by atoms with Crippen molar-refractivity contribution in [2.45, 2.75) is 24.5 Å². The zero-order valence-electron chi connectivity index (χ0n) is 15.8. The number of rotatable bonds is 8. The first-order chi connectivity index (χ1) is 15.1. The molecular weight excluding hydrogens is 476 g/mol. The second-order valence-electron chi connectivity index (χ2n) is 6.45. The second kappa shape index (κ2) is 8.47. The standard InChI is InChI=1S/C13H17N7O10P2/c14-11-8-12(17-4-16-11)20(6-18-8)13-10(22)9(21)7(28-13)3-27-31(23,24)30-32(25,26)29-19-2-1-15-5-19/h1-2,4-7,9-10,13,21-22H,3H2,(H,23,24)(H,25,26)(H2,14,16,17)/t7-,9-,10-,13-/m1/s1. The third-order valence-electron chi connectivity index (χ3n) is 4.28. The van der Waals surface area contributed by atoms with E-state index in [0.29, 0.717) is 4.73 Å². The molecule has 1 fully saturated rings. The summed E-state index contributed by atoms with van der Waals surface area (Å²) in [6, 6.07) is 0. The Morgan fingerprint density at radius 3 is 2.62 bits per heavy atom. The van der Waals surface area contributed by atoms with E-state index in [1.807, 2.05) is 0 Å². The van der Waals surface area contributed by atoms with Gasteiger partial charge in [-0.3, -0.25) is 14.0 Å². The molecule has 1 saturated heterocycles. The topological polar surface area (TPSA) is 239 Å². The third kappa shape index (κ3) is 4.66. The van der Waals surface area contributed by atoms with E-state index in [2.05, 4.69) is 33.4 Å². The van der Waals surface area contributed by atoms with E-state index in [9.17, 15) is 29.1 Å². The van der Waals surface area contributed by atoms with Crippen LogP contribution in [0.15, 0.2) is 31.4 Å². The fourth-order valence-corrected chi connectivity index (χ4v) is 4.92. The first kappa shape index (κ1) is 22.7. The highest BCUT2D eigenvalue weighted by atomic mass is 31.3. The zero-order valence-corrected chi connectivity index (χ0v) is 17.6. The summed E-state index contributed by atoms with van der Waals surface area (Å²) in [5.74, 6) is 0.0892. The minimum atomic E-state index is -5.16. The number of aliphatic hydroxyl groups excluding tert-OH is 2. The average molecular weight is 493 g/mol. The number of nitrogens with two attached hydrogens (primary N) is 1. The molecule has 6 atom stereocenters. The molecule has 17 nitrogen and oxygen atoms in total. The molecule has 0 radical (unpaired) electrons. The fourth-order valence-electron chi connectivity index (χ4n) is 2.90. The van der Waals surface area contributed by atoms with Crippen LogP contribution in [0.4, 0.5) is 5.82 Å². The Hall–Kier alpha value is -2.46. The van der Waals surface area contributed by atoms with Gasteiger partial charge >= 0.3 is 15.6 Å². The summed E-state index contributed by atoms with van der Waals surface area (Å²) in [6.07, 6.45) is 0.176. The monoisotopic (exact) mass is 493 g/mol. The molecule has 32 heavy (non-hydrogen) atoms. The molecule has 4 rings (SSSR count). The number of aliphatic hydroxyl groups is 2. The van der Waals surface area contributed by atoms with E-state index in [4.69, 9.17) is 10.5 Å². The van der Waals surface area contributed by atoms with Crippen LogP contribution in [0.5, 0.6) is 0 Å². The van der Waals surface area contributed by atoms with Crippen LogP contribution in [-0.4, -0.2) is 74.2 Å². The van der Waals surface area contributed by atoms with Gasteiger partial charge in [0.05, 0.1) is 19.1 Å². The van der Waals surface area contributed by atoms with Crippen LogP contribution in [0.25, 0.3) is 11.2 Å². The van der Waals surface area contributed by atoms with Gasteiger partial charge in [-0.05, 0) is 0 Å². The summed E-state index contributed by atoms with van der Waals surface area (Å²) in [7, 11) is -10.2. The van der Waals surface area contributed by atoms with Crippen LogP contribution in [0.3, 0.4) is 0 Å². The fraction of sp³-hybridized carbons (Fsp3) is 0.385. The van der Waals surface area contributed by atoms with Gasteiger partial charge in [0.15, 0.2) is 17.7 Å². The van der Waals surface area contributed by atoms with Crippen molar-refractivity contribution >= 4 is 32.6 Å². The van der Waals surface area contributed by atoms with Crippen molar-refractivity contribution in [3.8, 4) is 0 Å². The second-order valence-corrected chi connectivity index (χ2v) is 9.40. The molecule has 174 valence electrons. The molecule has 0 saturated carbocycles. The number of hydrogen-bond acceptors (Lipinski definition) is 13. The van der Waals surface area contributed by atoms with Crippen molar-refractivity contribution in [2.75, 3.05) is 12.3 Å². The van der Waals surface area contributed by atoms with Crippen molar-refractivity contribution in [1.29, 1.82) is 0 Å². The Morgan fingerprint density at radius 1 is 1.12 bits per heavy atom. The summed E-state index contributed by atoms with van der Waals surface area (Å²) in [4.78, 5) is 34.7. The van der Waals surface area contributed by atoms with Gasteiger partial charge in [-0.15, -0.1) is 0 Å². The molecule has 19 heteroatoms.